The molecule has 5 nitrogen and oxygen atoms in total. The smallest absolute Gasteiger partial charge is 0.319 e. The van der Waals surface area contributed by atoms with E-state index < -0.39 is 0 Å². The second-order valence-corrected chi connectivity index (χ2v) is 5.45. The second kappa shape index (κ2) is 7.40. The lowest BCUT2D eigenvalue weighted by Crippen LogP contribution is -2.22. The Bertz CT molecular complexity index is 554. The normalized spacial score (nSPS) is 10.7. The van der Waals surface area contributed by atoms with E-state index in [2.05, 4.69) is 17.0 Å². The van der Waals surface area contributed by atoms with Crippen molar-refractivity contribution in [2.75, 3.05) is 0 Å². The molecule has 7 heteroatoms. The summed E-state index contributed by atoms with van der Waals surface area (Å²) in [7, 11) is 0. The van der Waals surface area contributed by atoms with Gasteiger partial charge < -0.3 is 4.84 Å². The zero-order chi connectivity index (χ0) is 14.4. The zero-order valence-electron chi connectivity index (χ0n) is 11.2. The van der Waals surface area contributed by atoms with Crippen molar-refractivity contribution < 1.29 is 9.63 Å². The van der Waals surface area contributed by atoms with Gasteiger partial charge in [-0.3, -0.25) is 0 Å². The van der Waals surface area contributed by atoms with E-state index in [4.69, 9.17) is 16.4 Å². The maximum atomic E-state index is 11.7. The van der Waals surface area contributed by atoms with Crippen LogP contribution < -0.4 is 4.84 Å². The third-order valence-electron chi connectivity index (χ3n) is 2.71. The van der Waals surface area contributed by atoms with Gasteiger partial charge in [0.2, 0.25) is 0 Å². The molecule has 0 bridgehead atoms. The molecule has 0 spiro atoms. The maximum absolute atomic E-state index is 11.7. The van der Waals surface area contributed by atoms with Crippen molar-refractivity contribution in [3.63, 3.8) is 0 Å². The van der Waals surface area contributed by atoms with Crippen LogP contribution in [0.3, 0.4) is 0 Å². The van der Waals surface area contributed by atoms with E-state index in [0.717, 1.165) is 24.3 Å². The van der Waals surface area contributed by atoms with Gasteiger partial charge in [-0.05, 0) is 12.5 Å². The monoisotopic (exact) mass is 313 g/mol. The highest BCUT2D eigenvalue weighted by atomic mass is 35.5. The fourth-order valence-corrected chi connectivity index (χ4v) is 2.46. The molecule has 0 N–H and O–H groups in total. The summed E-state index contributed by atoms with van der Waals surface area (Å²) >= 11 is 7.32. The molecule has 0 aliphatic heterocycles. The van der Waals surface area contributed by atoms with Crippen molar-refractivity contribution in [2.45, 2.75) is 38.5 Å². The molecule has 2 aromatic heterocycles. The van der Waals surface area contributed by atoms with Gasteiger partial charge in [-0.15, -0.1) is 28.0 Å². The van der Waals surface area contributed by atoms with E-state index in [1.165, 1.54) is 16.2 Å². The Balaban J connectivity index is 2.05. The second-order valence-electron chi connectivity index (χ2n) is 4.29. The van der Waals surface area contributed by atoms with Crippen molar-refractivity contribution in [1.29, 1.82) is 0 Å². The number of alkyl halides is 1. The molecule has 0 aliphatic carbocycles. The lowest BCUT2D eigenvalue weighted by atomic mass is 10.2. The molecular formula is C13H16ClN3O2S. The highest BCUT2D eigenvalue weighted by Gasteiger charge is 2.14. The highest BCUT2D eigenvalue weighted by molar-refractivity contribution is 7.13. The summed E-state index contributed by atoms with van der Waals surface area (Å²) in [4.78, 5) is 22.3. The van der Waals surface area contributed by atoms with Crippen LogP contribution in [-0.4, -0.2) is 20.9 Å². The van der Waals surface area contributed by atoms with Crippen LogP contribution in [0.1, 0.15) is 38.3 Å². The van der Waals surface area contributed by atoms with Crippen molar-refractivity contribution in [1.82, 2.24) is 14.9 Å². The quantitative estimate of drug-likeness (QED) is 0.581. The Morgan fingerprint density at radius 1 is 1.50 bits per heavy atom. The van der Waals surface area contributed by atoms with Gasteiger partial charge in [0, 0.05) is 18.0 Å². The first kappa shape index (κ1) is 15.0. The summed E-state index contributed by atoms with van der Waals surface area (Å²) in [5.41, 5.74) is 1.30. The first-order valence-electron chi connectivity index (χ1n) is 6.50. The molecule has 2 aromatic rings. The van der Waals surface area contributed by atoms with Crippen molar-refractivity contribution in [3.05, 3.63) is 23.3 Å². The number of hydrogen-bond donors (Lipinski definition) is 0. The number of hydrogen-bond acceptors (Lipinski definition) is 5. The van der Waals surface area contributed by atoms with Crippen LogP contribution in [0.5, 0.6) is 0 Å². The Labute approximate surface area is 126 Å². The third kappa shape index (κ3) is 3.80. The number of halogens is 1. The molecule has 0 unspecified atom stereocenters. The Hall–Kier alpha value is -1.40. The predicted octanol–water partition coefficient (Wildman–Crippen LogP) is 3.28. The molecule has 0 atom stereocenters. The fraction of sp³-hybridized carbons (Fsp3) is 0.462. The molecule has 0 saturated heterocycles. The van der Waals surface area contributed by atoms with Crippen LogP contribution in [0.4, 0.5) is 0 Å². The van der Waals surface area contributed by atoms with Gasteiger partial charge in [0.1, 0.15) is 10.7 Å². The van der Waals surface area contributed by atoms with Crippen molar-refractivity contribution >= 4 is 28.9 Å². The molecule has 0 fully saturated rings. The maximum Gasteiger partial charge on any atom is 0.334 e. The van der Waals surface area contributed by atoms with Gasteiger partial charge in [-0.1, -0.05) is 24.6 Å². The number of carbonyl (C=O) groups excluding carboxylic acids is 1. The number of rotatable bonds is 7. The van der Waals surface area contributed by atoms with Gasteiger partial charge >= 0.3 is 5.97 Å². The number of thiazole rings is 1. The predicted molar refractivity (Wildman–Crippen MR) is 78.6 cm³/mol. The van der Waals surface area contributed by atoms with E-state index in [9.17, 15) is 4.79 Å². The van der Waals surface area contributed by atoms with Crippen LogP contribution >= 0.6 is 22.9 Å². The summed E-state index contributed by atoms with van der Waals surface area (Å²) in [6, 6.07) is 1.78. The van der Waals surface area contributed by atoms with Crippen LogP contribution in [0.15, 0.2) is 17.6 Å². The summed E-state index contributed by atoms with van der Waals surface area (Å²) in [6.07, 6.45) is 5.00. The van der Waals surface area contributed by atoms with Gasteiger partial charge in [-0.25, -0.2) is 9.78 Å². The molecular weight excluding hydrogens is 298 g/mol. The van der Waals surface area contributed by atoms with E-state index in [1.54, 1.807) is 12.3 Å². The topological polar surface area (TPSA) is 57.0 Å². The Morgan fingerprint density at radius 3 is 3.00 bits per heavy atom. The summed E-state index contributed by atoms with van der Waals surface area (Å²) in [5, 5.41) is 6.87. The van der Waals surface area contributed by atoms with Gasteiger partial charge in [0.25, 0.3) is 0 Å². The van der Waals surface area contributed by atoms with Crippen LogP contribution in [-0.2, 0) is 10.7 Å². The lowest BCUT2D eigenvalue weighted by molar-refractivity contribution is -0.146. The Morgan fingerprint density at radius 2 is 2.35 bits per heavy atom. The molecule has 0 radical (unpaired) electrons. The lowest BCUT2D eigenvalue weighted by Gasteiger charge is -2.05. The van der Waals surface area contributed by atoms with Crippen LogP contribution in [0.2, 0.25) is 0 Å². The summed E-state index contributed by atoms with van der Waals surface area (Å²) in [6.45, 7) is 2.09. The average molecular weight is 314 g/mol. The van der Waals surface area contributed by atoms with Crippen LogP contribution in [0, 0.1) is 0 Å². The molecule has 20 heavy (non-hydrogen) atoms. The number of nitrogens with zero attached hydrogens (tertiary/aromatic N) is 3. The van der Waals surface area contributed by atoms with E-state index in [0.29, 0.717) is 17.8 Å². The molecule has 2 heterocycles. The average Bonchev–Trinajstić information content (AvgIpc) is 3.07. The molecule has 0 amide bonds. The fourth-order valence-electron chi connectivity index (χ4n) is 1.69. The largest absolute Gasteiger partial charge is 0.334 e. The number of unbranched alkanes of at least 4 members (excludes halogenated alkanes) is 2. The molecule has 0 aliphatic rings. The van der Waals surface area contributed by atoms with Crippen LogP contribution in [0.25, 0.3) is 10.7 Å². The number of carbonyl (C=O) groups is 1. The van der Waals surface area contributed by atoms with Gasteiger partial charge in [0.15, 0.2) is 0 Å². The highest BCUT2D eigenvalue weighted by Crippen LogP contribution is 2.21. The zero-order valence-corrected chi connectivity index (χ0v) is 12.8. The molecule has 2 rings (SSSR count). The van der Waals surface area contributed by atoms with Gasteiger partial charge in [-0.2, -0.15) is 0 Å². The number of aromatic nitrogens is 3. The first-order chi connectivity index (χ1) is 9.74. The Kier molecular flexibility index (Phi) is 5.55. The standard InChI is InChI=1S/C13H16ClN3O2S/c1-2-3-4-5-12(18)19-17-10(9-14)8-11(16-17)13-15-6-7-20-13/h6-8H,2-5,9H2,1H3. The van der Waals surface area contributed by atoms with Crippen molar-refractivity contribution in [2.24, 2.45) is 0 Å². The summed E-state index contributed by atoms with van der Waals surface area (Å²) < 4.78 is 0. The van der Waals surface area contributed by atoms with Gasteiger partial charge in [0.05, 0.1) is 11.6 Å². The van der Waals surface area contributed by atoms with Crippen molar-refractivity contribution in [3.8, 4) is 10.7 Å². The first-order valence-corrected chi connectivity index (χ1v) is 7.92. The summed E-state index contributed by atoms with van der Waals surface area (Å²) in [5.74, 6) is -0.0701. The third-order valence-corrected chi connectivity index (χ3v) is 3.78. The van der Waals surface area contributed by atoms with E-state index in [1.807, 2.05) is 5.38 Å². The molecule has 0 saturated carbocycles. The van der Waals surface area contributed by atoms with E-state index in [-0.39, 0.29) is 11.8 Å². The minimum Gasteiger partial charge on any atom is -0.319 e. The minimum atomic E-state index is -0.293. The molecule has 0 aromatic carbocycles. The van der Waals surface area contributed by atoms with E-state index >= 15 is 0 Å². The minimum absolute atomic E-state index is 0.223. The molecule has 108 valence electrons. The SMILES string of the molecule is CCCCCC(=O)On1nc(-c2nccs2)cc1CCl.